The van der Waals surface area contributed by atoms with Crippen molar-refractivity contribution in [2.24, 2.45) is 5.92 Å². The fourth-order valence-electron chi connectivity index (χ4n) is 3.42. The molecule has 2 aromatic carbocycles. The van der Waals surface area contributed by atoms with E-state index < -0.39 is 11.6 Å². The number of ether oxygens (including phenoxy) is 1. The largest absolute Gasteiger partial charge is 0.493 e. The maximum atomic E-state index is 14.1. The zero-order valence-electron chi connectivity index (χ0n) is 15.3. The fraction of sp³-hybridized carbons (Fsp3) is 0.350. The molecule has 0 radical (unpaired) electrons. The highest BCUT2D eigenvalue weighted by molar-refractivity contribution is 6.33. The molecule has 0 spiro atoms. The highest BCUT2D eigenvalue weighted by atomic mass is 35.5. The van der Waals surface area contributed by atoms with Gasteiger partial charge in [-0.15, -0.1) is 0 Å². The topological polar surface area (TPSA) is 41.6 Å². The number of nitrogens with one attached hydrogen (secondary N) is 1. The summed E-state index contributed by atoms with van der Waals surface area (Å²) in [6, 6.07) is 5.69. The third kappa shape index (κ3) is 4.50. The standard InChI is InChI=1S/C20H20Cl2F2N2O2/c1-12-18(3-2-15(22)19(12)25-11-27)28-10-13-4-6-26(7-5-13)20-16(23)8-14(21)9-17(20)24/h2-3,8-9,11,13H,4-7,10H2,1H3,(H,25,27). The predicted molar refractivity (Wildman–Crippen MR) is 108 cm³/mol. The van der Waals surface area contributed by atoms with Gasteiger partial charge < -0.3 is 15.0 Å². The van der Waals surface area contributed by atoms with Gasteiger partial charge in [0.05, 0.1) is 17.3 Å². The van der Waals surface area contributed by atoms with Crippen LogP contribution in [0.3, 0.4) is 0 Å². The maximum Gasteiger partial charge on any atom is 0.211 e. The number of amides is 1. The van der Waals surface area contributed by atoms with Gasteiger partial charge in [-0.1, -0.05) is 23.2 Å². The third-order valence-corrected chi connectivity index (χ3v) is 5.49. The van der Waals surface area contributed by atoms with Gasteiger partial charge in [0.2, 0.25) is 6.41 Å². The Bertz CT molecular complexity index is 849. The summed E-state index contributed by atoms with van der Waals surface area (Å²) < 4.78 is 34.1. The van der Waals surface area contributed by atoms with Crippen LogP contribution in [0.2, 0.25) is 10.0 Å². The number of nitrogens with zero attached hydrogens (tertiary/aromatic N) is 1. The molecule has 150 valence electrons. The Hall–Kier alpha value is -2.05. The number of halogens is 4. The SMILES string of the molecule is Cc1c(OCC2CCN(c3c(F)cc(Cl)cc3F)CC2)ccc(Cl)c1NC=O. The lowest BCUT2D eigenvalue weighted by Crippen LogP contribution is -2.36. The van der Waals surface area contributed by atoms with Gasteiger partial charge in [-0.3, -0.25) is 4.79 Å². The number of carbonyl (C=O) groups is 1. The predicted octanol–water partition coefficient (Wildman–Crippen LogP) is 5.44. The lowest BCUT2D eigenvalue weighted by Gasteiger charge is -2.34. The second kappa shape index (κ2) is 8.97. The van der Waals surface area contributed by atoms with E-state index in [-0.39, 0.29) is 16.6 Å². The van der Waals surface area contributed by atoms with Crippen molar-refractivity contribution in [3.05, 3.63) is 51.5 Å². The zero-order valence-corrected chi connectivity index (χ0v) is 16.8. The van der Waals surface area contributed by atoms with E-state index in [1.807, 2.05) is 6.92 Å². The Labute approximate surface area is 172 Å². The number of hydrogen-bond donors (Lipinski definition) is 1. The highest BCUT2D eigenvalue weighted by Gasteiger charge is 2.25. The number of hydrogen-bond acceptors (Lipinski definition) is 3. The number of rotatable bonds is 6. The quantitative estimate of drug-likeness (QED) is 0.622. The second-order valence-corrected chi connectivity index (χ2v) is 7.61. The molecule has 3 rings (SSSR count). The van der Waals surface area contributed by atoms with E-state index in [9.17, 15) is 13.6 Å². The van der Waals surface area contributed by atoms with Crippen LogP contribution < -0.4 is 15.0 Å². The van der Waals surface area contributed by atoms with E-state index in [0.717, 1.165) is 30.5 Å². The Morgan fingerprint density at radius 3 is 2.46 bits per heavy atom. The monoisotopic (exact) mass is 428 g/mol. The van der Waals surface area contributed by atoms with Crippen LogP contribution in [-0.2, 0) is 4.79 Å². The first-order valence-corrected chi connectivity index (χ1v) is 9.68. The van der Waals surface area contributed by atoms with Crippen molar-refractivity contribution in [3.63, 3.8) is 0 Å². The van der Waals surface area contributed by atoms with Gasteiger partial charge in [0.1, 0.15) is 11.4 Å². The molecule has 0 aromatic heterocycles. The van der Waals surface area contributed by atoms with E-state index in [2.05, 4.69) is 5.32 Å². The molecule has 1 fully saturated rings. The fourth-order valence-corrected chi connectivity index (χ4v) is 3.87. The number of carbonyl (C=O) groups excluding carboxylic acids is 1. The third-order valence-electron chi connectivity index (χ3n) is 4.95. The van der Waals surface area contributed by atoms with Crippen LogP contribution in [0.1, 0.15) is 18.4 Å². The molecule has 28 heavy (non-hydrogen) atoms. The van der Waals surface area contributed by atoms with E-state index in [4.69, 9.17) is 27.9 Å². The molecule has 2 aromatic rings. The molecule has 1 N–H and O–H groups in total. The Kier molecular flexibility index (Phi) is 6.62. The number of benzene rings is 2. The summed E-state index contributed by atoms with van der Waals surface area (Å²) in [5.74, 6) is -0.392. The minimum atomic E-state index is -0.647. The first-order chi connectivity index (χ1) is 13.4. The summed E-state index contributed by atoms with van der Waals surface area (Å²) in [6.45, 7) is 3.35. The molecule has 1 heterocycles. The van der Waals surface area contributed by atoms with Crippen LogP contribution >= 0.6 is 23.2 Å². The van der Waals surface area contributed by atoms with Crippen LogP contribution in [0.5, 0.6) is 5.75 Å². The summed E-state index contributed by atoms with van der Waals surface area (Å²) in [4.78, 5) is 12.4. The molecule has 0 bridgehead atoms. The normalized spacial score (nSPS) is 14.8. The molecule has 0 saturated carbocycles. The van der Waals surface area contributed by atoms with Gasteiger partial charge in [-0.25, -0.2) is 8.78 Å². The molecule has 4 nitrogen and oxygen atoms in total. The van der Waals surface area contributed by atoms with Gasteiger partial charge in [0.25, 0.3) is 0 Å². The van der Waals surface area contributed by atoms with E-state index in [1.54, 1.807) is 17.0 Å². The number of piperidine rings is 1. The minimum absolute atomic E-state index is 0.0260. The van der Waals surface area contributed by atoms with E-state index >= 15 is 0 Å². The molecule has 1 aliphatic heterocycles. The van der Waals surface area contributed by atoms with Crippen molar-refractivity contribution < 1.29 is 18.3 Å². The van der Waals surface area contributed by atoms with Crippen molar-refractivity contribution in [2.75, 3.05) is 29.9 Å². The van der Waals surface area contributed by atoms with Crippen molar-refractivity contribution in [2.45, 2.75) is 19.8 Å². The average molecular weight is 429 g/mol. The molecule has 0 atom stereocenters. The second-order valence-electron chi connectivity index (χ2n) is 6.77. The summed E-state index contributed by atoms with van der Waals surface area (Å²) in [5.41, 5.74) is 1.25. The first-order valence-electron chi connectivity index (χ1n) is 8.92. The van der Waals surface area contributed by atoms with Crippen LogP contribution in [0, 0.1) is 24.5 Å². The van der Waals surface area contributed by atoms with Gasteiger partial charge in [0, 0.05) is 23.7 Å². The molecule has 1 amide bonds. The van der Waals surface area contributed by atoms with E-state index in [0.29, 0.717) is 42.6 Å². The minimum Gasteiger partial charge on any atom is -0.493 e. The average Bonchev–Trinajstić information content (AvgIpc) is 2.65. The van der Waals surface area contributed by atoms with Crippen LogP contribution in [-0.4, -0.2) is 26.1 Å². The van der Waals surface area contributed by atoms with Gasteiger partial charge in [0.15, 0.2) is 11.6 Å². The van der Waals surface area contributed by atoms with Crippen molar-refractivity contribution >= 4 is 41.0 Å². The van der Waals surface area contributed by atoms with Crippen LogP contribution in [0.15, 0.2) is 24.3 Å². The van der Waals surface area contributed by atoms with Crippen molar-refractivity contribution in [1.82, 2.24) is 0 Å². The van der Waals surface area contributed by atoms with Gasteiger partial charge >= 0.3 is 0 Å². The molecule has 8 heteroatoms. The first kappa shape index (κ1) is 20.7. The smallest absolute Gasteiger partial charge is 0.211 e. The van der Waals surface area contributed by atoms with Gasteiger partial charge in [-0.2, -0.15) is 0 Å². The van der Waals surface area contributed by atoms with Crippen LogP contribution in [0.25, 0.3) is 0 Å². The summed E-state index contributed by atoms with van der Waals surface area (Å²) >= 11 is 11.8. The highest BCUT2D eigenvalue weighted by Crippen LogP contribution is 2.34. The maximum absolute atomic E-state index is 14.1. The van der Waals surface area contributed by atoms with Gasteiger partial charge in [-0.05, 0) is 49.9 Å². The molecule has 0 aliphatic carbocycles. The van der Waals surface area contributed by atoms with E-state index in [1.165, 1.54) is 0 Å². The molecular formula is C20H20Cl2F2N2O2. The van der Waals surface area contributed by atoms with Crippen molar-refractivity contribution in [3.8, 4) is 5.75 Å². The summed E-state index contributed by atoms with van der Waals surface area (Å²) in [5, 5.41) is 3.07. The summed E-state index contributed by atoms with van der Waals surface area (Å²) in [6.07, 6.45) is 2.06. The van der Waals surface area contributed by atoms with Crippen molar-refractivity contribution in [1.29, 1.82) is 0 Å². The zero-order chi connectivity index (χ0) is 20.3. The molecular weight excluding hydrogens is 409 g/mol. The molecule has 1 saturated heterocycles. The molecule has 0 unspecified atom stereocenters. The summed E-state index contributed by atoms with van der Waals surface area (Å²) in [7, 11) is 0. The number of anilines is 2. The van der Waals surface area contributed by atoms with Crippen LogP contribution in [0.4, 0.5) is 20.2 Å². The molecule has 1 aliphatic rings. The lowest BCUT2D eigenvalue weighted by molar-refractivity contribution is -0.105. The lowest BCUT2D eigenvalue weighted by atomic mass is 9.97. The Morgan fingerprint density at radius 2 is 1.86 bits per heavy atom. The Morgan fingerprint density at radius 1 is 1.21 bits per heavy atom. The Balaban J connectivity index is 1.60.